The van der Waals surface area contributed by atoms with Gasteiger partial charge in [0.1, 0.15) is 6.54 Å². The van der Waals surface area contributed by atoms with Crippen molar-refractivity contribution in [2.45, 2.75) is 20.4 Å². The molecular formula is C12H14N2O2. The van der Waals surface area contributed by atoms with E-state index >= 15 is 0 Å². The van der Waals surface area contributed by atoms with Crippen molar-refractivity contribution in [3.8, 4) is 0 Å². The summed E-state index contributed by atoms with van der Waals surface area (Å²) in [6.45, 7) is 3.78. The summed E-state index contributed by atoms with van der Waals surface area (Å²) in [5.74, 6) is -0.00744. The number of fused-ring (bicyclic) bond motifs is 1. The van der Waals surface area contributed by atoms with Gasteiger partial charge in [0.25, 0.3) is 5.56 Å². The van der Waals surface area contributed by atoms with Gasteiger partial charge in [0.2, 0.25) is 0 Å². The van der Waals surface area contributed by atoms with Crippen LogP contribution in [0.3, 0.4) is 0 Å². The van der Waals surface area contributed by atoms with E-state index in [4.69, 9.17) is 0 Å². The van der Waals surface area contributed by atoms with Gasteiger partial charge in [-0.1, -0.05) is 26.0 Å². The van der Waals surface area contributed by atoms with Gasteiger partial charge in [0, 0.05) is 5.92 Å². The van der Waals surface area contributed by atoms with E-state index in [0.717, 1.165) is 5.52 Å². The van der Waals surface area contributed by atoms with E-state index in [2.05, 4.69) is 5.10 Å². The molecule has 0 unspecified atom stereocenters. The van der Waals surface area contributed by atoms with Gasteiger partial charge in [-0.25, -0.2) is 4.68 Å². The van der Waals surface area contributed by atoms with Gasteiger partial charge in [0.15, 0.2) is 5.78 Å². The summed E-state index contributed by atoms with van der Waals surface area (Å²) in [7, 11) is 0. The Bertz CT molecular complexity index is 578. The van der Waals surface area contributed by atoms with Crippen LogP contribution in [0.25, 0.3) is 10.9 Å². The predicted octanol–water partition coefficient (Wildman–Crippen LogP) is 1.55. The summed E-state index contributed by atoms with van der Waals surface area (Å²) < 4.78 is 1.37. The lowest BCUT2D eigenvalue weighted by atomic mass is 10.1. The Labute approximate surface area is 92.9 Å². The molecule has 0 fully saturated rings. The van der Waals surface area contributed by atoms with Crippen molar-refractivity contribution >= 4 is 16.7 Å². The number of para-hydroxylation sites is 1. The summed E-state index contributed by atoms with van der Waals surface area (Å²) in [6.07, 6.45) is 0. The zero-order chi connectivity index (χ0) is 11.7. The molecule has 0 saturated heterocycles. The number of aromatic nitrogens is 2. The average Bonchev–Trinajstić information content (AvgIpc) is 2.56. The first-order chi connectivity index (χ1) is 7.59. The summed E-state index contributed by atoms with van der Waals surface area (Å²) >= 11 is 0. The predicted molar refractivity (Wildman–Crippen MR) is 62.4 cm³/mol. The Balaban J connectivity index is 2.43. The van der Waals surface area contributed by atoms with Crippen molar-refractivity contribution in [2.24, 2.45) is 5.92 Å². The molecule has 84 valence electrons. The first kappa shape index (κ1) is 10.7. The third kappa shape index (κ3) is 1.78. The number of Topliss-reactive ketones (excluding diaryl/α,β-unsaturated/α-hetero) is 1. The monoisotopic (exact) mass is 218 g/mol. The van der Waals surface area contributed by atoms with Gasteiger partial charge >= 0.3 is 0 Å². The van der Waals surface area contributed by atoms with E-state index in [1.165, 1.54) is 4.68 Å². The molecule has 0 aliphatic heterocycles. The van der Waals surface area contributed by atoms with Gasteiger partial charge in [-0.05, 0) is 12.1 Å². The largest absolute Gasteiger partial charge is 0.297 e. The van der Waals surface area contributed by atoms with Crippen LogP contribution >= 0.6 is 0 Å². The summed E-state index contributed by atoms with van der Waals surface area (Å²) in [6, 6.07) is 7.25. The fourth-order valence-corrected chi connectivity index (χ4v) is 1.56. The van der Waals surface area contributed by atoms with Gasteiger partial charge in [-0.15, -0.1) is 0 Å². The summed E-state index contributed by atoms with van der Waals surface area (Å²) in [4.78, 5) is 23.4. The molecule has 0 bridgehead atoms. The fourth-order valence-electron chi connectivity index (χ4n) is 1.56. The molecule has 1 aromatic heterocycles. The van der Waals surface area contributed by atoms with Gasteiger partial charge in [0.05, 0.1) is 10.9 Å². The number of H-pyrrole nitrogens is 1. The Morgan fingerprint density at radius 1 is 1.38 bits per heavy atom. The standard InChI is InChI=1S/C12H14N2O2/c1-8(2)11(15)7-14-12(16)9-5-3-4-6-10(9)13-14/h3-6,8,13H,7H2,1-2H3. The van der Waals surface area contributed by atoms with Crippen LogP contribution < -0.4 is 5.56 Å². The third-order valence-electron chi connectivity index (χ3n) is 2.62. The first-order valence-corrected chi connectivity index (χ1v) is 5.30. The summed E-state index contributed by atoms with van der Waals surface area (Å²) in [5, 5.41) is 3.56. The SMILES string of the molecule is CC(C)C(=O)Cn1[nH]c2ccccc2c1=O. The van der Waals surface area contributed by atoms with Crippen molar-refractivity contribution in [1.29, 1.82) is 0 Å². The lowest BCUT2D eigenvalue weighted by molar-refractivity contribution is -0.122. The first-order valence-electron chi connectivity index (χ1n) is 5.30. The maximum absolute atomic E-state index is 11.9. The zero-order valence-corrected chi connectivity index (χ0v) is 9.36. The van der Waals surface area contributed by atoms with E-state index in [0.29, 0.717) is 5.39 Å². The van der Waals surface area contributed by atoms with Crippen LogP contribution in [-0.4, -0.2) is 15.6 Å². The molecule has 16 heavy (non-hydrogen) atoms. The van der Waals surface area contributed by atoms with Crippen LogP contribution in [0.2, 0.25) is 0 Å². The molecule has 0 amide bonds. The molecule has 2 aromatic rings. The number of benzene rings is 1. The molecule has 4 nitrogen and oxygen atoms in total. The van der Waals surface area contributed by atoms with Crippen LogP contribution in [-0.2, 0) is 11.3 Å². The topological polar surface area (TPSA) is 54.9 Å². The van der Waals surface area contributed by atoms with Gasteiger partial charge in [-0.2, -0.15) is 0 Å². The molecule has 0 aliphatic rings. The molecule has 4 heteroatoms. The second-order valence-electron chi connectivity index (χ2n) is 4.17. The fraction of sp³-hybridized carbons (Fsp3) is 0.333. The second kappa shape index (κ2) is 3.96. The average molecular weight is 218 g/mol. The molecule has 1 heterocycles. The summed E-state index contributed by atoms with van der Waals surface area (Å²) in [5.41, 5.74) is 0.633. The number of hydrogen-bond donors (Lipinski definition) is 1. The minimum atomic E-state index is -0.135. The van der Waals surface area contributed by atoms with Crippen LogP contribution in [0.1, 0.15) is 13.8 Å². The number of rotatable bonds is 3. The van der Waals surface area contributed by atoms with Gasteiger partial charge in [-0.3, -0.25) is 14.7 Å². The highest BCUT2D eigenvalue weighted by Crippen LogP contribution is 2.06. The Kier molecular flexibility index (Phi) is 2.64. The van der Waals surface area contributed by atoms with Crippen LogP contribution in [0, 0.1) is 5.92 Å². The minimum Gasteiger partial charge on any atom is -0.297 e. The molecule has 2 rings (SSSR count). The number of hydrogen-bond acceptors (Lipinski definition) is 2. The van der Waals surface area contributed by atoms with Crippen molar-refractivity contribution in [2.75, 3.05) is 0 Å². The van der Waals surface area contributed by atoms with E-state index < -0.39 is 0 Å². The van der Waals surface area contributed by atoms with E-state index in [-0.39, 0.29) is 23.8 Å². The number of carbonyl (C=O) groups is 1. The number of aromatic amines is 1. The number of carbonyl (C=O) groups excluding carboxylic acids is 1. The molecule has 0 saturated carbocycles. The maximum atomic E-state index is 11.9. The second-order valence-corrected chi connectivity index (χ2v) is 4.17. The van der Waals surface area contributed by atoms with Crippen molar-refractivity contribution < 1.29 is 4.79 Å². The third-order valence-corrected chi connectivity index (χ3v) is 2.62. The number of nitrogens with one attached hydrogen (secondary N) is 1. The number of nitrogens with zero attached hydrogens (tertiary/aromatic N) is 1. The lowest BCUT2D eigenvalue weighted by Gasteiger charge is -2.03. The normalized spacial score (nSPS) is 11.2. The lowest BCUT2D eigenvalue weighted by Crippen LogP contribution is -2.24. The molecule has 1 N–H and O–H groups in total. The highest BCUT2D eigenvalue weighted by Gasteiger charge is 2.11. The Morgan fingerprint density at radius 3 is 2.69 bits per heavy atom. The van der Waals surface area contributed by atoms with Crippen LogP contribution in [0.5, 0.6) is 0 Å². The van der Waals surface area contributed by atoms with Gasteiger partial charge < -0.3 is 0 Å². The smallest absolute Gasteiger partial charge is 0.274 e. The van der Waals surface area contributed by atoms with Crippen molar-refractivity contribution in [1.82, 2.24) is 9.78 Å². The number of ketones is 1. The maximum Gasteiger partial charge on any atom is 0.274 e. The highest BCUT2D eigenvalue weighted by atomic mass is 16.1. The van der Waals surface area contributed by atoms with E-state index in [9.17, 15) is 9.59 Å². The quantitative estimate of drug-likeness (QED) is 0.849. The Hall–Kier alpha value is -1.84. The Morgan fingerprint density at radius 2 is 2.06 bits per heavy atom. The molecule has 1 aromatic carbocycles. The van der Waals surface area contributed by atoms with E-state index in [1.54, 1.807) is 6.07 Å². The molecule has 0 aliphatic carbocycles. The van der Waals surface area contributed by atoms with E-state index in [1.807, 2.05) is 32.0 Å². The molecule has 0 atom stereocenters. The zero-order valence-electron chi connectivity index (χ0n) is 9.36. The minimum absolute atomic E-state index is 0.0497. The van der Waals surface area contributed by atoms with Crippen LogP contribution in [0.4, 0.5) is 0 Å². The van der Waals surface area contributed by atoms with Crippen molar-refractivity contribution in [3.63, 3.8) is 0 Å². The van der Waals surface area contributed by atoms with Crippen LogP contribution in [0.15, 0.2) is 29.1 Å². The molecule has 0 spiro atoms. The van der Waals surface area contributed by atoms with Crippen molar-refractivity contribution in [3.05, 3.63) is 34.6 Å². The highest BCUT2D eigenvalue weighted by molar-refractivity contribution is 5.81. The molecule has 0 radical (unpaired) electrons. The molecular weight excluding hydrogens is 204 g/mol.